The van der Waals surface area contributed by atoms with E-state index in [1.54, 1.807) is 0 Å². The van der Waals surface area contributed by atoms with Gasteiger partial charge in [-0.2, -0.15) is 5.10 Å². The van der Waals surface area contributed by atoms with Gasteiger partial charge in [0.1, 0.15) is 4.83 Å². The van der Waals surface area contributed by atoms with E-state index in [0.717, 1.165) is 32.8 Å². The van der Waals surface area contributed by atoms with Crippen molar-refractivity contribution in [1.29, 1.82) is 0 Å². The summed E-state index contributed by atoms with van der Waals surface area (Å²) in [7, 11) is 1.94. The molecule has 0 fully saturated rings. The van der Waals surface area contributed by atoms with Crippen molar-refractivity contribution >= 4 is 27.5 Å². The van der Waals surface area contributed by atoms with E-state index in [9.17, 15) is 4.79 Å². The van der Waals surface area contributed by atoms with Gasteiger partial charge in [0, 0.05) is 25.5 Å². The molecule has 0 unspecified atom stereocenters. The summed E-state index contributed by atoms with van der Waals surface area (Å²) in [6, 6.07) is 12.1. The van der Waals surface area contributed by atoms with E-state index in [0.29, 0.717) is 25.6 Å². The Morgan fingerprint density at radius 1 is 1.31 bits per heavy atom. The Bertz CT molecular complexity index is 882. The summed E-state index contributed by atoms with van der Waals surface area (Å²) < 4.78 is 1.88. The van der Waals surface area contributed by atoms with Crippen LogP contribution in [0.25, 0.3) is 10.2 Å². The summed E-state index contributed by atoms with van der Waals surface area (Å²) in [5.41, 5.74) is 7.86. The number of carbonyl (C=O) groups is 1. The second-order valence-corrected chi connectivity index (χ2v) is 7.88. The summed E-state index contributed by atoms with van der Waals surface area (Å²) >= 11 is 1.52. The van der Waals surface area contributed by atoms with Crippen LogP contribution in [0.15, 0.2) is 36.4 Å². The van der Waals surface area contributed by atoms with Gasteiger partial charge in [-0.25, -0.2) is 0 Å². The average molecular weight is 371 g/mol. The molecule has 0 saturated heterocycles. The molecular formula is C20H26N4OS. The zero-order valence-electron chi connectivity index (χ0n) is 15.6. The Hall–Kier alpha value is -2.18. The van der Waals surface area contributed by atoms with E-state index < -0.39 is 0 Å². The van der Waals surface area contributed by atoms with Crippen LogP contribution >= 0.6 is 11.3 Å². The Morgan fingerprint density at radius 3 is 2.69 bits per heavy atom. The second kappa shape index (κ2) is 8.01. The predicted molar refractivity (Wildman–Crippen MR) is 108 cm³/mol. The summed E-state index contributed by atoms with van der Waals surface area (Å²) in [5, 5.41) is 5.69. The third-order valence-electron chi connectivity index (χ3n) is 4.43. The zero-order chi connectivity index (χ0) is 18.7. The molecule has 0 bridgehead atoms. The van der Waals surface area contributed by atoms with Crippen LogP contribution < -0.4 is 5.73 Å². The fourth-order valence-corrected chi connectivity index (χ4v) is 4.14. The lowest BCUT2D eigenvalue weighted by molar-refractivity contribution is 0.0747. The molecule has 5 nitrogen and oxygen atoms in total. The molecule has 0 spiro atoms. The highest BCUT2D eigenvalue weighted by molar-refractivity contribution is 7.20. The van der Waals surface area contributed by atoms with Gasteiger partial charge in [0.15, 0.2) is 0 Å². The largest absolute Gasteiger partial charge is 0.334 e. The summed E-state index contributed by atoms with van der Waals surface area (Å²) in [6.45, 7) is 6.09. The van der Waals surface area contributed by atoms with Crippen molar-refractivity contribution in [2.24, 2.45) is 12.8 Å². The highest BCUT2D eigenvalue weighted by Crippen LogP contribution is 2.32. The first-order chi connectivity index (χ1) is 12.5. The quantitative estimate of drug-likeness (QED) is 0.689. The van der Waals surface area contributed by atoms with Gasteiger partial charge in [0.25, 0.3) is 5.91 Å². The van der Waals surface area contributed by atoms with Crippen molar-refractivity contribution in [2.45, 2.75) is 32.7 Å². The molecule has 26 heavy (non-hydrogen) atoms. The van der Waals surface area contributed by atoms with Crippen LogP contribution in [-0.2, 0) is 13.6 Å². The van der Waals surface area contributed by atoms with Gasteiger partial charge in [-0.15, -0.1) is 11.3 Å². The minimum Gasteiger partial charge on any atom is -0.334 e. The van der Waals surface area contributed by atoms with Crippen molar-refractivity contribution in [1.82, 2.24) is 14.7 Å². The van der Waals surface area contributed by atoms with Crippen LogP contribution in [0.4, 0.5) is 0 Å². The van der Waals surface area contributed by atoms with Gasteiger partial charge in [0.05, 0.1) is 10.6 Å². The van der Waals surface area contributed by atoms with Crippen LogP contribution in [0.5, 0.6) is 0 Å². The van der Waals surface area contributed by atoms with Crippen LogP contribution in [0, 0.1) is 0 Å². The van der Waals surface area contributed by atoms with E-state index >= 15 is 0 Å². The monoisotopic (exact) mass is 370 g/mol. The molecule has 3 rings (SSSR count). The number of aromatic nitrogens is 2. The van der Waals surface area contributed by atoms with E-state index in [4.69, 9.17) is 5.73 Å². The second-order valence-electron chi connectivity index (χ2n) is 6.85. The van der Waals surface area contributed by atoms with E-state index in [-0.39, 0.29) is 5.91 Å². The predicted octanol–water partition coefficient (Wildman–Crippen LogP) is 3.75. The lowest BCUT2D eigenvalue weighted by atomic mass is 10.1. The number of hydrogen-bond acceptors (Lipinski definition) is 4. The first-order valence-corrected chi connectivity index (χ1v) is 9.82. The number of fused-ring (bicyclic) bond motifs is 1. The molecule has 0 saturated carbocycles. The normalized spacial score (nSPS) is 11.4. The molecule has 0 radical (unpaired) electrons. The SMILES string of the molecule is CC(C)c1nn(C)c2sc(C(=O)N(CCCN)Cc3ccccc3)cc12. The molecule has 1 aromatic carbocycles. The van der Waals surface area contributed by atoms with E-state index in [2.05, 4.69) is 31.1 Å². The first-order valence-electron chi connectivity index (χ1n) is 9.01. The molecule has 138 valence electrons. The highest BCUT2D eigenvalue weighted by Gasteiger charge is 2.22. The van der Waals surface area contributed by atoms with Gasteiger partial charge in [-0.3, -0.25) is 9.48 Å². The number of nitrogens with two attached hydrogens (primary N) is 1. The maximum Gasteiger partial charge on any atom is 0.264 e. The van der Waals surface area contributed by atoms with Gasteiger partial charge >= 0.3 is 0 Å². The zero-order valence-corrected chi connectivity index (χ0v) is 16.4. The molecule has 3 aromatic rings. The molecule has 2 heterocycles. The Kier molecular flexibility index (Phi) is 5.74. The third kappa shape index (κ3) is 3.81. The number of hydrogen-bond donors (Lipinski definition) is 1. The number of aryl methyl sites for hydroxylation is 1. The van der Waals surface area contributed by atoms with E-state index in [1.165, 1.54) is 11.3 Å². The van der Waals surface area contributed by atoms with Gasteiger partial charge in [-0.1, -0.05) is 44.2 Å². The Balaban J connectivity index is 1.90. The number of benzene rings is 1. The van der Waals surface area contributed by atoms with Crippen molar-refractivity contribution in [3.8, 4) is 0 Å². The van der Waals surface area contributed by atoms with Gasteiger partial charge < -0.3 is 10.6 Å². The standard InChI is InChI=1S/C20H26N4OS/c1-14(2)18-16-12-17(26-20(16)23(3)22-18)19(25)24(11-7-10-21)13-15-8-5-4-6-9-15/h4-6,8-9,12,14H,7,10-11,13,21H2,1-3H3. The van der Waals surface area contributed by atoms with Crippen molar-refractivity contribution in [3.05, 3.63) is 52.5 Å². The Morgan fingerprint density at radius 2 is 2.04 bits per heavy atom. The molecule has 0 atom stereocenters. The Labute approximate surface area is 158 Å². The maximum absolute atomic E-state index is 13.2. The molecule has 2 N–H and O–H groups in total. The van der Waals surface area contributed by atoms with Crippen LogP contribution in [0.3, 0.4) is 0 Å². The van der Waals surface area contributed by atoms with Gasteiger partial charge in [0.2, 0.25) is 0 Å². The molecule has 0 aliphatic carbocycles. The average Bonchev–Trinajstić information content (AvgIpc) is 3.19. The smallest absolute Gasteiger partial charge is 0.264 e. The van der Waals surface area contributed by atoms with Crippen LogP contribution in [-0.4, -0.2) is 33.7 Å². The number of amides is 1. The van der Waals surface area contributed by atoms with Crippen LogP contribution in [0.2, 0.25) is 0 Å². The number of thiophene rings is 1. The van der Waals surface area contributed by atoms with Crippen molar-refractivity contribution < 1.29 is 4.79 Å². The molecule has 0 aliphatic rings. The lowest BCUT2D eigenvalue weighted by Crippen LogP contribution is -2.32. The number of carbonyl (C=O) groups excluding carboxylic acids is 1. The first kappa shape index (κ1) is 18.6. The number of rotatable bonds is 7. The minimum absolute atomic E-state index is 0.0678. The highest BCUT2D eigenvalue weighted by atomic mass is 32.1. The van der Waals surface area contributed by atoms with Crippen molar-refractivity contribution in [3.63, 3.8) is 0 Å². The summed E-state index contributed by atoms with van der Waals surface area (Å²) in [4.78, 5) is 16.9. The van der Waals surface area contributed by atoms with Crippen LogP contribution in [0.1, 0.15) is 47.1 Å². The fourth-order valence-electron chi connectivity index (χ4n) is 3.09. The minimum atomic E-state index is 0.0678. The third-order valence-corrected chi connectivity index (χ3v) is 5.62. The molecular weight excluding hydrogens is 344 g/mol. The molecule has 6 heteroatoms. The fraction of sp³-hybridized carbons (Fsp3) is 0.400. The molecule has 0 aliphatic heterocycles. The maximum atomic E-state index is 13.2. The molecule has 1 amide bonds. The van der Waals surface area contributed by atoms with Crippen molar-refractivity contribution in [2.75, 3.05) is 13.1 Å². The van der Waals surface area contributed by atoms with Gasteiger partial charge in [-0.05, 0) is 30.5 Å². The summed E-state index contributed by atoms with van der Waals surface area (Å²) in [6.07, 6.45) is 0.794. The lowest BCUT2D eigenvalue weighted by Gasteiger charge is -2.22. The van der Waals surface area contributed by atoms with E-state index in [1.807, 2.05) is 40.9 Å². The topological polar surface area (TPSA) is 64.2 Å². The summed E-state index contributed by atoms with van der Waals surface area (Å²) in [5.74, 6) is 0.395. The molecule has 2 aromatic heterocycles. The number of nitrogens with zero attached hydrogens (tertiary/aromatic N) is 3.